The van der Waals surface area contributed by atoms with Crippen LogP contribution in [0.5, 0.6) is 0 Å². The molecule has 0 fully saturated rings. The minimum Gasteiger partial charge on any atom is -0.462 e. The zero-order chi connectivity index (χ0) is 42.1. The van der Waals surface area contributed by atoms with Gasteiger partial charge in [-0.15, -0.1) is 0 Å². The molecule has 57 heavy (non-hydrogen) atoms. The Bertz CT molecular complexity index is 920. The molecular weight excluding hydrogens is 735 g/mol. The highest BCUT2D eigenvalue weighted by Gasteiger charge is 2.23. The number of phosphoric ester groups is 1. The summed E-state index contributed by atoms with van der Waals surface area (Å²) in [7, 11) is -4.75. The number of unbranched alkanes of at least 4 members (excludes halogenated alkanes) is 31. The molecule has 0 radical (unpaired) electrons. The number of carbonyl (C=O) groups is 2. The lowest BCUT2D eigenvalue weighted by Crippen LogP contribution is -2.29. The fraction of sp³-hybridized carbons (Fsp3) is 0.958. The fourth-order valence-electron chi connectivity index (χ4n) is 7.57. The van der Waals surface area contributed by atoms with E-state index in [1.54, 1.807) is 0 Å². The quantitative estimate of drug-likeness (QED) is 0.0354. The van der Waals surface area contributed by atoms with Gasteiger partial charge in [-0.25, -0.2) is 4.57 Å². The summed E-state index contributed by atoms with van der Waals surface area (Å²) in [6.45, 7) is 8.45. The number of carbonyl (C=O) groups excluding carboxylic acids is 2. The van der Waals surface area contributed by atoms with Crippen molar-refractivity contribution < 1.29 is 37.9 Å². The van der Waals surface area contributed by atoms with Gasteiger partial charge < -0.3 is 19.3 Å². The molecule has 0 spiro atoms. The van der Waals surface area contributed by atoms with E-state index < -0.39 is 32.5 Å². The standard InChI is InChI=1S/C48H95O8P/c1-44(2)38-34-30-26-22-18-14-10-7-5-6-8-12-17-21-25-29-33-37-41-48(50)56-46(43-55-57(51,52)53)42-54-47(49)40-36-32-28-24-20-16-13-9-11-15-19-23-27-31-35-39-45(3)4/h44-46H,5-43H2,1-4H3,(H2,51,52,53)/t46-/m1/s1. The van der Waals surface area contributed by atoms with Crippen LogP contribution in [0.2, 0.25) is 0 Å². The van der Waals surface area contributed by atoms with E-state index in [1.165, 1.54) is 186 Å². The molecule has 0 saturated carbocycles. The lowest BCUT2D eigenvalue weighted by molar-refractivity contribution is -0.161. The average Bonchev–Trinajstić information content (AvgIpc) is 3.15. The molecule has 0 aromatic carbocycles. The highest BCUT2D eigenvalue weighted by atomic mass is 31.2. The van der Waals surface area contributed by atoms with Crippen molar-refractivity contribution in [2.45, 2.75) is 271 Å². The van der Waals surface area contributed by atoms with Crippen molar-refractivity contribution in [2.24, 2.45) is 11.8 Å². The van der Waals surface area contributed by atoms with Gasteiger partial charge in [0.2, 0.25) is 0 Å². The maximum Gasteiger partial charge on any atom is 0.469 e. The van der Waals surface area contributed by atoms with Gasteiger partial charge in [0, 0.05) is 12.8 Å². The molecule has 0 amide bonds. The molecule has 0 rings (SSSR count). The molecule has 0 aliphatic carbocycles. The van der Waals surface area contributed by atoms with Crippen LogP contribution in [0.3, 0.4) is 0 Å². The zero-order valence-electron chi connectivity index (χ0n) is 38.1. The van der Waals surface area contributed by atoms with Crippen LogP contribution < -0.4 is 0 Å². The number of esters is 2. The van der Waals surface area contributed by atoms with Crippen molar-refractivity contribution in [3.8, 4) is 0 Å². The molecular formula is C48H95O8P. The van der Waals surface area contributed by atoms with Crippen molar-refractivity contribution >= 4 is 19.8 Å². The minimum atomic E-state index is -4.75. The number of rotatable bonds is 45. The van der Waals surface area contributed by atoms with Gasteiger partial charge in [-0.05, 0) is 24.7 Å². The SMILES string of the molecule is CC(C)CCCCCCCCCCCCCCCCCCCCC(=O)O[C@H](COC(=O)CCCCCCCCCCCCCCCCCC(C)C)COP(=O)(O)O. The van der Waals surface area contributed by atoms with E-state index in [-0.39, 0.29) is 19.4 Å². The van der Waals surface area contributed by atoms with Gasteiger partial charge in [0.15, 0.2) is 6.10 Å². The Balaban J connectivity index is 3.78. The third-order valence-corrected chi connectivity index (χ3v) is 11.7. The van der Waals surface area contributed by atoms with Crippen LogP contribution in [0.25, 0.3) is 0 Å². The molecule has 0 unspecified atom stereocenters. The highest BCUT2D eigenvalue weighted by Crippen LogP contribution is 2.36. The molecule has 0 aromatic rings. The molecule has 1 atom stereocenters. The van der Waals surface area contributed by atoms with Crippen molar-refractivity contribution in [1.29, 1.82) is 0 Å². The number of ether oxygens (including phenoxy) is 2. The van der Waals surface area contributed by atoms with Crippen LogP contribution in [0.15, 0.2) is 0 Å². The number of hydrogen-bond donors (Lipinski definition) is 2. The van der Waals surface area contributed by atoms with Gasteiger partial charge in [-0.3, -0.25) is 14.1 Å². The van der Waals surface area contributed by atoms with Crippen LogP contribution in [0, 0.1) is 11.8 Å². The van der Waals surface area contributed by atoms with Crippen molar-refractivity contribution in [3.63, 3.8) is 0 Å². The topological polar surface area (TPSA) is 119 Å². The van der Waals surface area contributed by atoms with E-state index in [4.69, 9.17) is 19.3 Å². The smallest absolute Gasteiger partial charge is 0.462 e. The van der Waals surface area contributed by atoms with E-state index >= 15 is 0 Å². The first-order chi connectivity index (χ1) is 27.5. The van der Waals surface area contributed by atoms with Crippen LogP contribution >= 0.6 is 7.82 Å². The maximum atomic E-state index is 12.5. The van der Waals surface area contributed by atoms with E-state index in [1.807, 2.05) is 0 Å². The van der Waals surface area contributed by atoms with E-state index in [2.05, 4.69) is 32.2 Å². The molecule has 0 aliphatic heterocycles. The molecule has 0 saturated heterocycles. The largest absolute Gasteiger partial charge is 0.469 e. The highest BCUT2D eigenvalue weighted by molar-refractivity contribution is 7.46. The van der Waals surface area contributed by atoms with Gasteiger partial charge in [0.05, 0.1) is 6.61 Å². The summed E-state index contributed by atoms with van der Waals surface area (Å²) in [5.74, 6) is 0.823. The Labute approximate surface area is 353 Å². The summed E-state index contributed by atoms with van der Waals surface area (Å²) in [6.07, 6.45) is 44.1. The second kappa shape index (κ2) is 41.8. The van der Waals surface area contributed by atoms with E-state index in [0.29, 0.717) is 6.42 Å². The Hall–Kier alpha value is -0.950. The van der Waals surface area contributed by atoms with Gasteiger partial charge in [0.1, 0.15) is 6.61 Å². The predicted octanol–water partition coefficient (Wildman–Crippen LogP) is 15.3. The lowest BCUT2D eigenvalue weighted by atomic mass is 10.0. The average molecular weight is 831 g/mol. The molecule has 0 bridgehead atoms. The van der Waals surface area contributed by atoms with Crippen molar-refractivity contribution in [1.82, 2.24) is 0 Å². The van der Waals surface area contributed by atoms with Gasteiger partial charge in [-0.1, -0.05) is 240 Å². The Morgan fingerprint density at radius 3 is 0.947 bits per heavy atom. The molecule has 0 heterocycles. The Morgan fingerprint density at radius 1 is 0.404 bits per heavy atom. The molecule has 9 heteroatoms. The first-order valence-corrected chi connectivity index (χ1v) is 26.1. The summed E-state index contributed by atoms with van der Waals surface area (Å²) in [5, 5.41) is 0. The van der Waals surface area contributed by atoms with Crippen LogP contribution in [-0.4, -0.2) is 41.0 Å². The summed E-state index contributed by atoms with van der Waals surface area (Å²) < 4.78 is 26.5. The maximum absolute atomic E-state index is 12.5. The Kier molecular flexibility index (Phi) is 41.1. The molecule has 2 N–H and O–H groups in total. The second-order valence-electron chi connectivity index (χ2n) is 18.1. The van der Waals surface area contributed by atoms with Gasteiger partial charge in [0.25, 0.3) is 0 Å². The summed E-state index contributed by atoms with van der Waals surface area (Å²) >= 11 is 0. The molecule has 340 valence electrons. The van der Waals surface area contributed by atoms with Crippen molar-refractivity contribution in [2.75, 3.05) is 13.2 Å². The molecule has 0 aromatic heterocycles. The third-order valence-electron chi connectivity index (χ3n) is 11.2. The van der Waals surface area contributed by atoms with Gasteiger partial charge in [-0.2, -0.15) is 0 Å². The van der Waals surface area contributed by atoms with E-state index in [9.17, 15) is 14.2 Å². The van der Waals surface area contributed by atoms with Crippen LogP contribution in [-0.2, 0) is 28.2 Å². The normalized spacial score (nSPS) is 12.5. The fourth-order valence-corrected chi connectivity index (χ4v) is 7.93. The van der Waals surface area contributed by atoms with Crippen LogP contribution in [0.1, 0.15) is 265 Å². The van der Waals surface area contributed by atoms with E-state index in [0.717, 1.165) is 43.9 Å². The van der Waals surface area contributed by atoms with Crippen LogP contribution in [0.4, 0.5) is 0 Å². The second-order valence-corrected chi connectivity index (χ2v) is 19.4. The third kappa shape index (κ3) is 47.6. The summed E-state index contributed by atoms with van der Waals surface area (Å²) in [6, 6.07) is 0. The monoisotopic (exact) mass is 831 g/mol. The lowest BCUT2D eigenvalue weighted by Gasteiger charge is -2.18. The molecule has 0 aliphatic rings. The Morgan fingerprint density at radius 2 is 0.667 bits per heavy atom. The summed E-state index contributed by atoms with van der Waals surface area (Å²) in [5.41, 5.74) is 0. The predicted molar refractivity (Wildman–Crippen MR) is 239 cm³/mol. The van der Waals surface area contributed by atoms with Crippen molar-refractivity contribution in [3.05, 3.63) is 0 Å². The minimum absolute atomic E-state index is 0.220. The number of phosphoric acid groups is 1. The zero-order valence-corrected chi connectivity index (χ0v) is 39.0. The first-order valence-electron chi connectivity index (χ1n) is 24.5. The molecule has 8 nitrogen and oxygen atoms in total. The summed E-state index contributed by atoms with van der Waals surface area (Å²) in [4.78, 5) is 43.0. The number of hydrogen-bond acceptors (Lipinski definition) is 6. The van der Waals surface area contributed by atoms with Gasteiger partial charge >= 0.3 is 19.8 Å². The first kappa shape index (κ1) is 56.0.